The maximum absolute atomic E-state index is 12.9. The van der Waals surface area contributed by atoms with E-state index in [4.69, 9.17) is 27.9 Å². The summed E-state index contributed by atoms with van der Waals surface area (Å²) in [6.45, 7) is 2.22. The second-order valence-electron chi connectivity index (χ2n) is 8.01. The number of aromatic nitrogens is 1. The molecule has 0 aliphatic carbocycles. The number of benzene rings is 2. The van der Waals surface area contributed by atoms with Crippen LogP contribution in [0.1, 0.15) is 58.3 Å². The number of aliphatic hydroxyl groups excluding tert-OH is 2. The minimum atomic E-state index is -1.45. The highest BCUT2D eigenvalue weighted by Gasteiger charge is 2.27. The fraction of sp³-hybridized carbons (Fsp3) is 0.308. The van der Waals surface area contributed by atoms with Crippen LogP contribution in [0.15, 0.2) is 59.4 Å². The van der Waals surface area contributed by atoms with Crippen molar-refractivity contribution in [2.24, 2.45) is 0 Å². The highest BCUT2D eigenvalue weighted by molar-refractivity contribution is 6.34. The van der Waals surface area contributed by atoms with E-state index in [2.05, 4.69) is 6.92 Å². The summed E-state index contributed by atoms with van der Waals surface area (Å²) in [7, 11) is 1.31. The van der Waals surface area contributed by atoms with E-state index in [-0.39, 0.29) is 22.3 Å². The van der Waals surface area contributed by atoms with Gasteiger partial charge in [-0.1, -0.05) is 72.9 Å². The van der Waals surface area contributed by atoms with E-state index < -0.39 is 23.7 Å². The quantitative estimate of drug-likeness (QED) is 0.405. The van der Waals surface area contributed by atoms with Gasteiger partial charge in [-0.2, -0.15) is 0 Å². The molecule has 1 heterocycles. The van der Waals surface area contributed by atoms with Gasteiger partial charge >= 0.3 is 5.97 Å². The van der Waals surface area contributed by atoms with Crippen molar-refractivity contribution in [3.05, 3.63) is 103 Å². The molecule has 2 aromatic carbocycles. The molecule has 8 heteroatoms. The van der Waals surface area contributed by atoms with E-state index in [1.807, 2.05) is 18.2 Å². The summed E-state index contributed by atoms with van der Waals surface area (Å²) in [5, 5.41) is 22.0. The van der Waals surface area contributed by atoms with Crippen LogP contribution in [0.5, 0.6) is 0 Å². The lowest BCUT2D eigenvalue weighted by atomic mass is 9.98. The van der Waals surface area contributed by atoms with Crippen LogP contribution in [0.3, 0.4) is 0 Å². The molecule has 0 aliphatic heterocycles. The molecular formula is C26H27Cl2NO5. The zero-order valence-corrected chi connectivity index (χ0v) is 20.5. The summed E-state index contributed by atoms with van der Waals surface area (Å²) >= 11 is 12.5. The molecule has 6 nitrogen and oxygen atoms in total. The van der Waals surface area contributed by atoms with Crippen LogP contribution < -0.4 is 5.56 Å². The van der Waals surface area contributed by atoms with E-state index in [9.17, 15) is 19.8 Å². The van der Waals surface area contributed by atoms with Gasteiger partial charge in [0.1, 0.15) is 17.2 Å². The first kappa shape index (κ1) is 26.0. The largest absolute Gasteiger partial charge is 0.465 e. The van der Waals surface area contributed by atoms with E-state index in [1.165, 1.54) is 17.7 Å². The van der Waals surface area contributed by atoms with Crippen molar-refractivity contribution in [3.8, 4) is 0 Å². The van der Waals surface area contributed by atoms with Crippen molar-refractivity contribution in [2.45, 2.75) is 44.9 Å². The normalized spacial score (nSPS) is 12.9. The van der Waals surface area contributed by atoms with Gasteiger partial charge in [0.05, 0.1) is 23.4 Å². The number of nitrogens with zero attached hydrogens (tertiary/aromatic N) is 1. The Balaban J connectivity index is 1.91. The van der Waals surface area contributed by atoms with Crippen molar-refractivity contribution in [1.82, 2.24) is 4.57 Å². The molecule has 0 saturated carbocycles. The predicted molar refractivity (Wildman–Crippen MR) is 133 cm³/mol. The number of ether oxygens (including phenoxy) is 1. The number of hydrogen-bond acceptors (Lipinski definition) is 5. The number of carbonyl (C=O) groups is 1. The minimum Gasteiger partial charge on any atom is -0.465 e. The third kappa shape index (κ3) is 5.88. The smallest absolute Gasteiger partial charge is 0.337 e. The number of halogens is 2. The first-order chi connectivity index (χ1) is 16.3. The Morgan fingerprint density at radius 2 is 1.68 bits per heavy atom. The lowest BCUT2D eigenvalue weighted by Gasteiger charge is -2.24. The van der Waals surface area contributed by atoms with E-state index in [0.29, 0.717) is 17.5 Å². The number of rotatable bonds is 9. The molecule has 2 unspecified atom stereocenters. The summed E-state index contributed by atoms with van der Waals surface area (Å²) in [5.74, 6) is -0.438. The summed E-state index contributed by atoms with van der Waals surface area (Å²) in [4.78, 5) is 24.5. The molecule has 180 valence electrons. The number of carbonyl (C=O) groups excluding carboxylic acids is 1. The van der Waals surface area contributed by atoms with Gasteiger partial charge in [-0.05, 0) is 47.7 Å². The molecule has 0 amide bonds. The fourth-order valence-electron chi connectivity index (χ4n) is 3.86. The maximum atomic E-state index is 12.9. The van der Waals surface area contributed by atoms with Crippen LogP contribution in [-0.2, 0) is 24.1 Å². The van der Waals surface area contributed by atoms with Gasteiger partial charge in [0.15, 0.2) is 0 Å². The topological polar surface area (TPSA) is 88.8 Å². The van der Waals surface area contributed by atoms with Gasteiger partial charge in [-0.3, -0.25) is 4.79 Å². The van der Waals surface area contributed by atoms with Gasteiger partial charge in [-0.25, -0.2) is 4.79 Å². The number of esters is 1. The zero-order valence-electron chi connectivity index (χ0n) is 19.0. The van der Waals surface area contributed by atoms with Crippen molar-refractivity contribution in [1.29, 1.82) is 0 Å². The maximum Gasteiger partial charge on any atom is 0.337 e. The molecule has 3 rings (SSSR count). The second kappa shape index (κ2) is 11.7. The number of hydrogen-bond donors (Lipinski definition) is 2. The first-order valence-corrected chi connectivity index (χ1v) is 11.7. The van der Waals surface area contributed by atoms with Gasteiger partial charge in [0, 0.05) is 6.54 Å². The zero-order chi connectivity index (χ0) is 24.8. The Morgan fingerprint density at radius 3 is 2.32 bits per heavy atom. The van der Waals surface area contributed by atoms with Crippen LogP contribution in [0.25, 0.3) is 0 Å². The third-order valence-corrected chi connectivity index (χ3v) is 6.22. The standard InChI is InChI=1S/C26H27Cl2NO5/c1-3-5-17-6-4-7-19(14-17)23(30)24(31)22-20(27)15-21(28)25(32)29(22)13-12-16-8-10-18(11-9-16)26(33)34-2/h4,6-11,14-15,23-24,30-31H,3,5,12-13H2,1-2H3. The van der Waals surface area contributed by atoms with Crippen molar-refractivity contribution < 1.29 is 19.7 Å². The molecule has 3 aromatic rings. The molecule has 0 fully saturated rings. The fourth-order valence-corrected chi connectivity index (χ4v) is 4.45. The molecule has 0 saturated heterocycles. The monoisotopic (exact) mass is 503 g/mol. The van der Waals surface area contributed by atoms with Gasteiger partial charge in [0.2, 0.25) is 0 Å². The van der Waals surface area contributed by atoms with E-state index in [0.717, 1.165) is 24.0 Å². The summed E-state index contributed by atoms with van der Waals surface area (Å²) in [6, 6.07) is 15.4. The van der Waals surface area contributed by atoms with Crippen LogP contribution in [0, 0.1) is 0 Å². The molecular weight excluding hydrogens is 477 g/mol. The minimum absolute atomic E-state index is 0.0820. The number of aryl methyl sites for hydroxylation is 2. The summed E-state index contributed by atoms with van der Waals surface area (Å²) in [5.41, 5.74) is 2.42. The summed E-state index contributed by atoms with van der Waals surface area (Å²) < 4.78 is 6.00. The Labute approximate surface area is 208 Å². The third-order valence-electron chi connectivity index (χ3n) is 5.65. The number of aliphatic hydroxyl groups is 2. The number of methoxy groups -OCH3 is 1. The van der Waals surface area contributed by atoms with Crippen LogP contribution in [-0.4, -0.2) is 27.9 Å². The van der Waals surface area contributed by atoms with E-state index >= 15 is 0 Å². The first-order valence-electron chi connectivity index (χ1n) is 11.0. The molecule has 2 atom stereocenters. The van der Waals surface area contributed by atoms with Gasteiger partial charge < -0.3 is 19.5 Å². The lowest BCUT2D eigenvalue weighted by molar-refractivity contribution is 0.0118. The Morgan fingerprint density at radius 1 is 0.971 bits per heavy atom. The molecule has 0 bridgehead atoms. The van der Waals surface area contributed by atoms with Crippen molar-refractivity contribution in [2.75, 3.05) is 7.11 Å². The Kier molecular flexibility index (Phi) is 8.91. The molecule has 0 radical (unpaired) electrons. The average Bonchev–Trinajstić information content (AvgIpc) is 2.84. The Bertz CT molecular complexity index is 1210. The molecule has 0 spiro atoms. The van der Waals surface area contributed by atoms with E-state index in [1.54, 1.807) is 30.3 Å². The van der Waals surface area contributed by atoms with Crippen molar-refractivity contribution >= 4 is 29.2 Å². The molecule has 34 heavy (non-hydrogen) atoms. The van der Waals surface area contributed by atoms with Crippen LogP contribution >= 0.6 is 23.2 Å². The molecule has 0 aliphatic rings. The SMILES string of the molecule is CCCc1cccc(C(O)C(O)c2c(Cl)cc(Cl)c(=O)n2CCc2ccc(C(=O)OC)cc2)c1. The lowest BCUT2D eigenvalue weighted by Crippen LogP contribution is -2.28. The second-order valence-corrected chi connectivity index (χ2v) is 8.82. The predicted octanol–water partition coefficient (Wildman–Crippen LogP) is 4.90. The number of pyridine rings is 1. The van der Waals surface area contributed by atoms with Crippen LogP contribution in [0.4, 0.5) is 0 Å². The highest BCUT2D eigenvalue weighted by atomic mass is 35.5. The van der Waals surface area contributed by atoms with Crippen molar-refractivity contribution in [3.63, 3.8) is 0 Å². The Hall–Kier alpha value is -2.64. The summed E-state index contributed by atoms with van der Waals surface area (Å²) in [6.07, 6.45) is -0.542. The van der Waals surface area contributed by atoms with Crippen LogP contribution in [0.2, 0.25) is 10.0 Å². The molecule has 1 aromatic heterocycles. The molecule has 2 N–H and O–H groups in total. The highest BCUT2D eigenvalue weighted by Crippen LogP contribution is 2.33. The average molecular weight is 504 g/mol. The van der Waals surface area contributed by atoms with Gasteiger partial charge in [0.25, 0.3) is 5.56 Å². The van der Waals surface area contributed by atoms with Gasteiger partial charge in [-0.15, -0.1) is 0 Å².